The fourth-order valence-corrected chi connectivity index (χ4v) is 1.78. The Morgan fingerprint density at radius 3 is 2.27 bits per heavy atom. The van der Waals surface area contributed by atoms with Crippen LogP contribution < -0.4 is 0 Å². The average Bonchev–Trinajstić information content (AvgIpc) is 2.86. The number of rotatable bonds is 2. The highest BCUT2D eigenvalue weighted by molar-refractivity contribution is 7.67. The molecule has 1 nitrogen and oxygen atoms in total. The summed E-state index contributed by atoms with van der Waals surface area (Å²) < 4.78 is 10.7. The molecule has 0 amide bonds. The summed E-state index contributed by atoms with van der Waals surface area (Å²) >= 11 is 0.741. The topological polar surface area (TPSA) is 17.1 Å². The first-order valence-electron chi connectivity index (χ1n) is 3.74. The van der Waals surface area contributed by atoms with Gasteiger partial charge in [-0.15, -0.1) is 0 Å². The zero-order valence-corrected chi connectivity index (χ0v) is 6.93. The second-order valence-corrected chi connectivity index (χ2v) is 3.89. The third-order valence-electron chi connectivity index (χ3n) is 2.16. The Hall–Kier alpha value is -0.760. The molecule has 0 bridgehead atoms. The van der Waals surface area contributed by atoms with Gasteiger partial charge in [0.2, 0.25) is 0 Å². The predicted molar refractivity (Wildman–Crippen MR) is 45.4 cm³/mol. The third kappa shape index (κ3) is 1.07. The lowest BCUT2D eigenvalue weighted by Gasteiger charge is -1.93. The number of hydrogen-bond acceptors (Lipinski definition) is 1. The monoisotopic (exact) mass is 165 g/mol. The van der Waals surface area contributed by atoms with Crippen molar-refractivity contribution >= 4 is 11.7 Å². The van der Waals surface area contributed by atoms with Crippen LogP contribution in [0, 0.1) is 0 Å². The zero-order valence-electron chi connectivity index (χ0n) is 6.12. The summed E-state index contributed by atoms with van der Waals surface area (Å²) in [6, 6.07) is 10.0. The molecule has 1 saturated carbocycles. The van der Waals surface area contributed by atoms with E-state index in [1.54, 1.807) is 0 Å². The Labute approximate surface area is 69.9 Å². The lowest BCUT2D eigenvalue weighted by atomic mass is 10.1. The minimum atomic E-state index is -0.0543. The van der Waals surface area contributed by atoms with E-state index in [1.807, 2.05) is 30.3 Å². The van der Waals surface area contributed by atoms with Gasteiger partial charge in [-0.3, -0.25) is 0 Å². The van der Waals surface area contributed by atoms with E-state index in [1.165, 1.54) is 5.56 Å². The zero-order chi connectivity index (χ0) is 7.73. The maximum atomic E-state index is 10.7. The summed E-state index contributed by atoms with van der Waals surface area (Å²) in [4.78, 5) is 0. The lowest BCUT2D eigenvalue weighted by molar-refractivity contribution is 0.598. The van der Waals surface area contributed by atoms with E-state index in [0.717, 1.165) is 24.5 Å². The van der Waals surface area contributed by atoms with Gasteiger partial charge in [-0.05, 0) is 0 Å². The van der Waals surface area contributed by atoms with Gasteiger partial charge in [0.1, 0.15) is 0 Å². The van der Waals surface area contributed by atoms with Gasteiger partial charge >= 0.3 is 11.7 Å². The molecular weight excluding hydrogens is 156 g/mol. The third-order valence-corrected chi connectivity index (χ3v) is 3.13. The fraction of sp³-hybridized carbons (Fsp3) is 0.333. The molecule has 1 aromatic carbocycles. The second-order valence-electron chi connectivity index (χ2n) is 2.94. The molecule has 2 heteroatoms. The highest BCUT2D eigenvalue weighted by Crippen LogP contribution is 2.47. The van der Waals surface area contributed by atoms with Crippen molar-refractivity contribution in [3.63, 3.8) is 0 Å². The van der Waals surface area contributed by atoms with Crippen LogP contribution in [-0.4, -0.2) is 0 Å². The van der Waals surface area contributed by atoms with Gasteiger partial charge in [-0.2, -0.15) is 0 Å². The van der Waals surface area contributed by atoms with Gasteiger partial charge in [-0.1, -0.05) is 30.3 Å². The van der Waals surface area contributed by atoms with E-state index in [9.17, 15) is 4.21 Å². The van der Waals surface area contributed by atoms with Crippen molar-refractivity contribution in [2.45, 2.75) is 17.6 Å². The molecule has 11 heavy (non-hydrogen) atoms. The summed E-state index contributed by atoms with van der Waals surface area (Å²) in [7, 11) is 0. The van der Waals surface area contributed by atoms with E-state index < -0.39 is 0 Å². The highest BCUT2D eigenvalue weighted by atomic mass is 32.1. The summed E-state index contributed by atoms with van der Waals surface area (Å²) in [6.45, 7) is 0. The van der Waals surface area contributed by atoms with Crippen LogP contribution in [0.25, 0.3) is 0 Å². The Bertz CT molecular complexity index is 264. The van der Waals surface area contributed by atoms with Gasteiger partial charge in [0.05, 0.1) is 0 Å². The van der Waals surface area contributed by atoms with E-state index in [0.29, 0.717) is 0 Å². The minimum Gasteiger partial charge on any atom is -0.0622 e. The molecule has 0 spiro atoms. The molecule has 56 valence electrons. The van der Waals surface area contributed by atoms with Crippen LogP contribution >= 0.6 is 0 Å². The molecule has 0 aromatic heterocycles. The Balaban J connectivity index is 2.37. The SMILES string of the molecule is O=[S+]C1(c2ccccc2)CC1. The minimum absolute atomic E-state index is 0.0543. The molecule has 0 saturated heterocycles. The van der Waals surface area contributed by atoms with Gasteiger partial charge in [0.25, 0.3) is 4.75 Å². The second kappa shape index (κ2) is 2.38. The van der Waals surface area contributed by atoms with E-state index in [2.05, 4.69) is 0 Å². The number of benzene rings is 1. The molecule has 0 atom stereocenters. The number of hydrogen-bond donors (Lipinski definition) is 0. The molecule has 0 aliphatic heterocycles. The van der Waals surface area contributed by atoms with Crippen LogP contribution in [0.4, 0.5) is 0 Å². The van der Waals surface area contributed by atoms with Crippen molar-refractivity contribution < 1.29 is 4.21 Å². The predicted octanol–water partition coefficient (Wildman–Crippen LogP) is 2.10. The first kappa shape index (κ1) is 6.92. The molecule has 0 heterocycles. The highest BCUT2D eigenvalue weighted by Gasteiger charge is 2.58. The van der Waals surface area contributed by atoms with E-state index in [4.69, 9.17) is 0 Å². The lowest BCUT2D eigenvalue weighted by Crippen LogP contribution is -2.02. The average molecular weight is 165 g/mol. The molecule has 1 aliphatic carbocycles. The van der Waals surface area contributed by atoms with Gasteiger partial charge < -0.3 is 0 Å². The van der Waals surface area contributed by atoms with Crippen LogP contribution in [-0.2, 0) is 20.6 Å². The van der Waals surface area contributed by atoms with E-state index in [-0.39, 0.29) is 4.75 Å². The van der Waals surface area contributed by atoms with Gasteiger partial charge in [0.15, 0.2) is 0 Å². The summed E-state index contributed by atoms with van der Waals surface area (Å²) in [6.07, 6.45) is 2.09. The molecule has 1 aromatic rings. The van der Waals surface area contributed by atoms with Gasteiger partial charge in [-0.25, -0.2) is 0 Å². The maximum absolute atomic E-state index is 10.7. The molecule has 2 rings (SSSR count). The van der Waals surface area contributed by atoms with Crippen LogP contribution in [0.2, 0.25) is 0 Å². The normalized spacial score (nSPS) is 19.3. The van der Waals surface area contributed by atoms with Crippen molar-refractivity contribution in [2.75, 3.05) is 0 Å². The molecule has 1 aliphatic rings. The van der Waals surface area contributed by atoms with E-state index >= 15 is 0 Å². The van der Waals surface area contributed by atoms with Crippen molar-refractivity contribution in [1.82, 2.24) is 0 Å². The smallest absolute Gasteiger partial charge is 0.0622 e. The van der Waals surface area contributed by atoms with Gasteiger partial charge in [0, 0.05) is 22.6 Å². The summed E-state index contributed by atoms with van der Waals surface area (Å²) in [5.74, 6) is 0. The summed E-state index contributed by atoms with van der Waals surface area (Å²) in [5.41, 5.74) is 1.19. The molecule has 1 fully saturated rings. The summed E-state index contributed by atoms with van der Waals surface area (Å²) in [5, 5.41) is 0. The quantitative estimate of drug-likeness (QED) is 0.613. The van der Waals surface area contributed by atoms with Crippen molar-refractivity contribution in [1.29, 1.82) is 0 Å². The van der Waals surface area contributed by atoms with Crippen LogP contribution in [0.15, 0.2) is 30.3 Å². The van der Waals surface area contributed by atoms with Crippen LogP contribution in [0.3, 0.4) is 0 Å². The molecule has 0 unspecified atom stereocenters. The Morgan fingerprint density at radius 1 is 1.18 bits per heavy atom. The standard InChI is InChI=1S/C9H9OS/c10-11-9(6-7-9)8-4-2-1-3-5-8/h1-5H,6-7H2/q+1. The largest absolute Gasteiger partial charge is 0.470 e. The van der Waals surface area contributed by atoms with Crippen molar-refractivity contribution in [2.24, 2.45) is 0 Å². The molecule has 0 N–H and O–H groups in total. The van der Waals surface area contributed by atoms with Crippen LogP contribution in [0.1, 0.15) is 18.4 Å². The maximum Gasteiger partial charge on any atom is 0.470 e. The first-order valence-corrected chi connectivity index (χ1v) is 4.48. The van der Waals surface area contributed by atoms with Crippen molar-refractivity contribution in [3.8, 4) is 0 Å². The molecular formula is C9H9OS+. The van der Waals surface area contributed by atoms with Crippen LogP contribution in [0.5, 0.6) is 0 Å². The molecule has 0 radical (unpaired) electrons. The Kier molecular flexibility index (Phi) is 1.50. The fourth-order valence-electron chi connectivity index (χ4n) is 1.28. The first-order chi connectivity index (χ1) is 5.37. The van der Waals surface area contributed by atoms with Crippen molar-refractivity contribution in [3.05, 3.63) is 35.9 Å². The Morgan fingerprint density at radius 2 is 1.82 bits per heavy atom.